The van der Waals surface area contributed by atoms with E-state index in [0.717, 1.165) is 11.3 Å². The summed E-state index contributed by atoms with van der Waals surface area (Å²) < 4.78 is 49.3. The summed E-state index contributed by atoms with van der Waals surface area (Å²) in [6, 6.07) is 2.02. The van der Waals surface area contributed by atoms with Crippen molar-refractivity contribution in [2.24, 2.45) is 0 Å². The molecule has 1 aromatic rings. The van der Waals surface area contributed by atoms with E-state index in [1.54, 1.807) is 0 Å². The Balaban J connectivity index is 2.20. The first-order chi connectivity index (χ1) is 8.20. The smallest absolute Gasteiger partial charge is 0.229 e. The van der Waals surface area contributed by atoms with Crippen molar-refractivity contribution in [2.75, 3.05) is 11.5 Å². The van der Waals surface area contributed by atoms with E-state index in [0.29, 0.717) is 4.34 Å². The summed E-state index contributed by atoms with van der Waals surface area (Å²) in [4.78, 5) is 0. The maximum absolute atomic E-state index is 11.9. The first kappa shape index (κ1) is 14.5. The second-order valence-corrected chi connectivity index (χ2v) is 10.2. The van der Waals surface area contributed by atoms with Crippen molar-refractivity contribution < 1.29 is 16.8 Å². The Morgan fingerprint density at radius 3 is 2.44 bits per heavy atom. The van der Waals surface area contributed by atoms with Gasteiger partial charge in [0.1, 0.15) is 4.21 Å². The van der Waals surface area contributed by atoms with Gasteiger partial charge in [0.25, 0.3) is 0 Å². The number of sulfonamides is 1. The number of thiophene rings is 1. The molecule has 1 N–H and O–H groups in total. The predicted octanol–water partition coefficient (Wildman–Crippen LogP) is 1.08. The first-order valence-electron chi connectivity index (χ1n) is 4.82. The average Bonchev–Trinajstić information content (AvgIpc) is 2.71. The van der Waals surface area contributed by atoms with E-state index < -0.39 is 31.3 Å². The van der Waals surface area contributed by atoms with Gasteiger partial charge in [0.15, 0.2) is 9.84 Å². The third-order valence-electron chi connectivity index (χ3n) is 2.40. The lowest BCUT2D eigenvalue weighted by atomic mass is 10.3. The fourth-order valence-electron chi connectivity index (χ4n) is 1.61. The predicted molar refractivity (Wildman–Crippen MR) is 71.7 cm³/mol. The van der Waals surface area contributed by atoms with Gasteiger partial charge in [-0.25, -0.2) is 21.6 Å². The molecule has 0 aliphatic carbocycles. The van der Waals surface area contributed by atoms with E-state index in [1.165, 1.54) is 12.1 Å². The highest BCUT2D eigenvalue weighted by Gasteiger charge is 2.39. The van der Waals surface area contributed by atoms with Gasteiger partial charge in [-0.05, 0) is 12.1 Å². The van der Waals surface area contributed by atoms with Crippen LogP contribution in [0.25, 0.3) is 0 Å². The minimum Gasteiger partial charge on any atom is -0.229 e. The van der Waals surface area contributed by atoms with E-state index in [1.807, 2.05) is 0 Å². The van der Waals surface area contributed by atoms with E-state index >= 15 is 0 Å². The highest BCUT2D eigenvalue weighted by atomic mass is 35.5. The van der Waals surface area contributed by atoms with E-state index in [4.69, 9.17) is 23.2 Å². The SMILES string of the molecule is O=S1(=O)CC(Cl)C(NS(=O)(=O)c2ccc(Cl)s2)C1. The Morgan fingerprint density at radius 2 is 2.00 bits per heavy atom. The Bertz CT molecular complexity index is 652. The molecule has 0 amide bonds. The van der Waals surface area contributed by atoms with Crippen LogP contribution in [0.15, 0.2) is 16.3 Å². The second kappa shape index (κ2) is 4.92. The van der Waals surface area contributed by atoms with Crippen molar-refractivity contribution >= 4 is 54.4 Å². The quantitative estimate of drug-likeness (QED) is 0.828. The maximum Gasteiger partial charge on any atom is 0.250 e. The van der Waals surface area contributed by atoms with E-state index in [-0.39, 0.29) is 15.7 Å². The van der Waals surface area contributed by atoms with Crippen LogP contribution in [0.3, 0.4) is 0 Å². The molecule has 0 saturated carbocycles. The van der Waals surface area contributed by atoms with Crippen LogP contribution >= 0.6 is 34.5 Å². The topological polar surface area (TPSA) is 80.3 Å². The number of hydrogen-bond donors (Lipinski definition) is 1. The zero-order valence-electron chi connectivity index (χ0n) is 8.84. The highest BCUT2D eigenvalue weighted by molar-refractivity contribution is 7.92. The molecule has 1 saturated heterocycles. The summed E-state index contributed by atoms with van der Waals surface area (Å²) in [5, 5.41) is -0.750. The molecule has 1 fully saturated rings. The lowest BCUT2D eigenvalue weighted by Crippen LogP contribution is -2.40. The molecule has 2 unspecified atom stereocenters. The van der Waals surface area contributed by atoms with E-state index in [9.17, 15) is 16.8 Å². The Hall–Kier alpha value is 0.140. The fourth-order valence-corrected chi connectivity index (χ4v) is 7.12. The molecule has 2 rings (SSSR count). The van der Waals surface area contributed by atoms with Crippen molar-refractivity contribution in [2.45, 2.75) is 15.6 Å². The highest BCUT2D eigenvalue weighted by Crippen LogP contribution is 2.27. The molecule has 18 heavy (non-hydrogen) atoms. The number of halogens is 2. The van der Waals surface area contributed by atoms with Gasteiger partial charge >= 0.3 is 0 Å². The monoisotopic (exact) mass is 349 g/mol. The minimum absolute atomic E-state index is 0.0423. The molecule has 0 aromatic carbocycles. The summed E-state index contributed by atoms with van der Waals surface area (Å²) in [6.07, 6.45) is 0. The van der Waals surface area contributed by atoms with Gasteiger partial charge in [0.05, 0.1) is 27.3 Å². The van der Waals surface area contributed by atoms with Crippen molar-refractivity contribution in [1.29, 1.82) is 0 Å². The Labute approximate surface area is 119 Å². The van der Waals surface area contributed by atoms with Crippen molar-refractivity contribution in [1.82, 2.24) is 4.72 Å². The normalized spacial score (nSPS) is 27.4. The molecule has 2 atom stereocenters. The molecule has 1 aliphatic heterocycles. The summed E-state index contributed by atoms with van der Waals surface area (Å²) in [5.41, 5.74) is 0. The van der Waals surface area contributed by atoms with Gasteiger partial charge in [-0.15, -0.1) is 22.9 Å². The third kappa shape index (κ3) is 3.17. The maximum atomic E-state index is 11.9. The van der Waals surface area contributed by atoms with Crippen LogP contribution in [0.1, 0.15) is 0 Å². The van der Waals surface area contributed by atoms with Crippen LogP contribution in [-0.4, -0.2) is 39.8 Å². The summed E-state index contributed by atoms with van der Waals surface area (Å²) >= 11 is 12.4. The molecule has 0 spiro atoms. The van der Waals surface area contributed by atoms with E-state index in [2.05, 4.69) is 4.72 Å². The van der Waals surface area contributed by atoms with Crippen molar-refractivity contribution in [3.63, 3.8) is 0 Å². The number of nitrogens with one attached hydrogen (secondary N) is 1. The van der Waals surface area contributed by atoms with Crippen LogP contribution < -0.4 is 4.72 Å². The largest absolute Gasteiger partial charge is 0.250 e. The number of alkyl halides is 1. The minimum atomic E-state index is -3.77. The van der Waals surface area contributed by atoms with Crippen molar-refractivity contribution in [3.8, 4) is 0 Å². The second-order valence-electron chi connectivity index (χ2n) is 3.88. The average molecular weight is 350 g/mol. The summed E-state index contributed by atoms with van der Waals surface area (Å²) in [6.45, 7) is 0. The van der Waals surface area contributed by atoms with Gasteiger partial charge < -0.3 is 0 Å². The first-order valence-corrected chi connectivity index (χ1v) is 9.75. The standard InChI is InChI=1S/C8H9Cl2NO4S3/c9-5-3-17(12,13)4-6(5)11-18(14,15)8-2-1-7(10)16-8/h1-2,5-6,11H,3-4H2. The molecule has 1 aliphatic rings. The zero-order chi connectivity index (χ0) is 13.6. The van der Waals surface area contributed by atoms with Gasteiger partial charge in [0.2, 0.25) is 10.0 Å². The lowest BCUT2D eigenvalue weighted by molar-refractivity contribution is 0.565. The summed E-state index contributed by atoms with van der Waals surface area (Å²) in [5.74, 6) is -0.494. The molecule has 0 bridgehead atoms. The molecule has 5 nitrogen and oxygen atoms in total. The third-order valence-corrected chi connectivity index (χ3v) is 7.99. The van der Waals surface area contributed by atoms with Crippen LogP contribution in [0.5, 0.6) is 0 Å². The Morgan fingerprint density at radius 1 is 1.33 bits per heavy atom. The number of sulfone groups is 1. The number of rotatable bonds is 3. The molecule has 1 aromatic heterocycles. The molecule has 102 valence electrons. The van der Waals surface area contributed by atoms with Gasteiger partial charge in [-0.2, -0.15) is 0 Å². The fraction of sp³-hybridized carbons (Fsp3) is 0.500. The van der Waals surface area contributed by atoms with Crippen LogP contribution in [0, 0.1) is 0 Å². The zero-order valence-corrected chi connectivity index (χ0v) is 12.8. The van der Waals surface area contributed by atoms with Gasteiger partial charge in [0, 0.05) is 0 Å². The van der Waals surface area contributed by atoms with Gasteiger partial charge in [-0.3, -0.25) is 0 Å². The lowest BCUT2D eigenvalue weighted by Gasteiger charge is -2.13. The van der Waals surface area contributed by atoms with Crippen LogP contribution in [0.2, 0.25) is 4.34 Å². The molecule has 2 heterocycles. The number of hydrogen-bond acceptors (Lipinski definition) is 5. The Kier molecular flexibility index (Phi) is 3.97. The molecular formula is C8H9Cl2NO4S3. The van der Waals surface area contributed by atoms with Crippen LogP contribution in [0.4, 0.5) is 0 Å². The molecule has 10 heteroatoms. The van der Waals surface area contributed by atoms with Gasteiger partial charge in [-0.1, -0.05) is 11.6 Å². The van der Waals surface area contributed by atoms with Crippen molar-refractivity contribution in [3.05, 3.63) is 16.5 Å². The molecular weight excluding hydrogens is 341 g/mol. The van der Waals surface area contributed by atoms with Crippen LogP contribution in [-0.2, 0) is 19.9 Å². The molecule has 0 radical (unpaired) electrons. The summed E-state index contributed by atoms with van der Waals surface area (Å²) in [7, 11) is -7.05.